The number of nitrogens with one attached hydrogen (secondary N) is 3. The molecular formula is C23H25N7S. The SMILES string of the molecule is c1csc(-c2ccc(CNc3cc(N[C@H]4CCNC4)nc4c(C5CC5)cnn34)cc2)n1. The molecule has 1 aliphatic carbocycles. The number of hydrogen-bond donors (Lipinski definition) is 3. The van der Waals surface area contributed by atoms with Crippen LogP contribution in [0.25, 0.3) is 16.2 Å². The average molecular weight is 432 g/mol. The topological polar surface area (TPSA) is 79.2 Å². The lowest BCUT2D eigenvalue weighted by atomic mass is 10.1. The maximum absolute atomic E-state index is 4.93. The molecule has 0 radical (unpaired) electrons. The van der Waals surface area contributed by atoms with E-state index in [0.717, 1.165) is 53.9 Å². The van der Waals surface area contributed by atoms with Crippen LogP contribution in [0, 0.1) is 0 Å². The summed E-state index contributed by atoms with van der Waals surface area (Å²) in [5.74, 6) is 2.50. The summed E-state index contributed by atoms with van der Waals surface area (Å²) in [6.07, 6.45) is 7.44. The van der Waals surface area contributed by atoms with Gasteiger partial charge < -0.3 is 16.0 Å². The van der Waals surface area contributed by atoms with Crippen LogP contribution in [0.15, 0.2) is 48.1 Å². The molecule has 31 heavy (non-hydrogen) atoms. The summed E-state index contributed by atoms with van der Waals surface area (Å²) in [7, 11) is 0. The first-order chi connectivity index (χ1) is 15.3. The summed E-state index contributed by atoms with van der Waals surface area (Å²) in [5.41, 5.74) is 4.61. The summed E-state index contributed by atoms with van der Waals surface area (Å²) >= 11 is 1.66. The fourth-order valence-corrected chi connectivity index (χ4v) is 4.82. The van der Waals surface area contributed by atoms with Gasteiger partial charge in [0.25, 0.3) is 0 Å². The Labute approximate surface area is 184 Å². The number of benzene rings is 1. The van der Waals surface area contributed by atoms with Crippen molar-refractivity contribution in [2.75, 3.05) is 23.7 Å². The van der Waals surface area contributed by atoms with Crippen molar-refractivity contribution in [3.63, 3.8) is 0 Å². The van der Waals surface area contributed by atoms with Crippen molar-refractivity contribution < 1.29 is 0 Å². The second-order valence-corrected chi connectivity index (χ2v) is 9.25. The molecule has 4 heterocycles. The maximum atomic E-state index is 4.93. The first-order valence-electron chi connectivity index (χ1n) is 10.9. The van der Waals surface area contributed by atoms with Gasteiger partial charge in [0.05, 0.1) is 6.20 Å². The lowest BCUT2D eigenvalue weighted by molar-refractivity contribution is 0.786. The second-order valence-electron chi connectivity index (χ2n) is 8.36. The van der Waals surface area contributed by atoms with Gasteiger partial charge >= 0.3 is 0 Å². The summed E-state index contributed by atoms with van der Waals surface area (Å²) in [6.45, 7) is 2.76. The fraction of sp³-hybridized carbons (Fsp3) is 0.348. The van der Waals surface area contributed by atoms with Gasteiger partial charge in [-0.15, -0.1) is 11.3 Å². The van der Waals surface area contributed by atoms with Gasteiger partial charge in [0.1, 0.15) is 16.6 Å². The lowest BCUT2D eigenvalue weighted by Crippen LogP contribution is -2.23. The molecule has 2 fully saturated rings. The van der Waals surface area contributed by atoms with Crippen LogP contribution < -0.4 is 16.0 Å². The van der Waals surface area contributed by atoms with Gasteiger partial charge in [0.2, 0.25) is 0 Å². The second kappa shape index (κ2) is 7.94. The maximum Gasteiger partial charge on any atom is 0.163 e. The molecule has 2 aliphatic rings. The third kappa shape index (κ3) is 3.88. The van der Waals surface area contributed by atoms with E-state index in [0.29, 0.717) is 12.0 Å². The third-order valence-electron chi connectivity index (χ3n) is 6.04. The van der Waals surface area contributed by atoms with Crippen LogP contribution in [-0.2, 0) is 6.54 Å². The smallest absolute Gasteiger partial charge is 0.163 e. The Bertz CT molecular complexity index is 1170. The van der Waals surface area contributed by atoms with Crippen LogP contribution in [0.4, 0.5) is 11.6 Å². The first-order valence-corrected chi connectivity index (χ1v) is 11.8. The largest absolute Gasteiger partial charge is 0.366 e. The van der Waals surface area contributed by atoms with E-state index >= 15 is 0 Å². The van der Waals surface area contributed by atoms with Crippen LogP contribution in [0.1, 0.15) is 36.3 Å². The van der Waals surface area contributed by atoms with Crippen molar-refractivity contribution in [2.45, 2.75) is 37.8 Å². The van der Waals surface area contributed by atoms with E-state index in [2.05, 4.69) is 56.4 Å². The number of aromatic nitrogens is 4. The molecule has 3 N–H and O–H groups in total. The summed E-state index contributed by atoms with van der Waals surface area (Å²) < 4.78 is 1.95. The molecule has 0 spiro atoms. The third-order valence-corrected chi connectivity index (χ3v) is 6.86. The van der Waals surface area contributed by atoms with Gasteiger partial charge in [0.15, 0.2) is 5.65 Å². The predicted molar refractivity (Wildman–Crippen MR) is 125 cm³/mol. The molecule has 1 aromatic carbocycles. The summed E-state index contributed by atoms with van der Waals surface area (Å²) in [4.78, 5) is 9.32. The van der Waals surface area contributed by atoms with Crippen LogP contribution in [0.5, 0.6) is 0 Å². The van der Waals surface area contributed by atoms with E-state index < -0.39 is 0 Å². The summed E-state index contributed by atoms with van der Waals surface area (Å²) in [5, 5.41) is 18.3. The monoisotopic (exact) mass is 431 g/mol. The summed E-state index contributed by atoms with van der Waals surface area (Å²) in [6, 6.07) is 11.1. The van der Waals surface area contributed by atoms with Crippen LogP contribution in [0.2, 0.25) is 0 Å². The Morgan fingerprint density at radius 1 is 1.16 bits per heavy atom. The Hall–Kier alpha value is -2.97. The molecule has 1 aliphatic heterocycles. The highest BCUT2D eigenvalue weighted by molar-refractivity contribution is 7.13. The molecule has 7 nitrogen and oxygen atoms in total. The zero-order chi connectivity index (χ0) is 20.6. The van der Waals surface area contributed by atoms with Gasteiger partial charge in [0, 0.05) is 47.9 Å². The Morgan fingerprint density at radius 2 is 2.06 bits per heavy atom. The van der Waals surface area contributed by atoms with E-state index in [4.69, 9.17) is 4.98 Å². The van der Waals surface area contributed by atoms with Crippen molar-refractivity contribution in [3.05, 3.63) is 59.2 Å². The highest BCUT2D eigenvalue weighted by Gasteiger charge is 2.28. The Balaban J connectivity index is 1.26. The molecule has 6 rings (SSSR count). The Kier molecular flexibility index (Phi) is 4.81. The zero-order valence-electron chi connectivity index (χ0n) is 17.2. The van der Waals surface area contributed by atoms with Crippen LogP contribution in [-0.4, -0.2) is 38.7 Å². The zero-order valence-corrected chi connectivity index (χ0v) is 18.0. The molecule has 0 amide bonds. The minimum Gasteiger partial charge on any atom is -0.366 e. The van der Waals surface area contributed by atoms with Gasteiger partial charge in [-0.3, -0.25) is 0 Å². The quantitative estimate of drug-likeness (QED) is 0.409. The number of thiazole rings is 1. The van der Waals surface area contributed by atoms with Crippen molar-refractivity contribution in [1.29, 1.82) is 0 Å². The molecule has 1 saturated heterocycles. The minimum absolute atomic E-state index is 0.425. The lowest BCUT2D eigenvalue weighted by Gasteiger charge is -2.15. The van der Waals surface area contributed by atoms with E-state index in [1.165, 1.54) is 24.0 Å². The van der Waals surface area contributed by atoms with Crippen molar-refractivity contribution >= 4 is 28.6 Å². The predicted octanol–water partition coefficient (Wildman–Crippen LogP) is 4.12. The van der Waals surface area contributed by atoms with Crippen LogP contribution >= 0.6 is 11.3 Å². The minimum atomic E-state index is 0.425. The molecule has 8 heteroatoms. The van der Waals surface area contributed by atoms with Crippen molar-refractivity contribution in [3.8, 4) is 10.6 Å². The number of nitrogens with zero attached hydrogens (tertiary/aromatic N) is 4. The molecule has 1 atom stereocenters. The first kappa shape index (κ1) is 18.8. The average Bonchev–Trinajstić information content (AvgIpc) is 3.19. The highest BCUT2D eigenvalue weighted by Crippen LogP contribution is 2.42. The number of fused-ring (bicyclic) bond motifs is 1. The highest BCUT2D eigenvalue weighted by atomic mass is 32.1. The molecule has 0 bridgehead atoms. The van der Waals surface area contributed by atoms with E-state index in [-0.39, 0.29) is 0 Å². The molecule has 0 unspecified atom stereocenters. The Morgan fingerprint density at radius 3 is 2.81 bits per heavy atom. The van der Waals surface area contributed by atoms with Crippen molar-refractivity contribution in [2.24, 2.45) is 0 Å². The number of rotatable bonds is 7. The van der Waals surface area contributed by atoms with E-state index in [1.807, 2.05) is 22.3 Å². The molecule has 4 aromatic rings. The van der Waals surface area contributed by atoms with Crippen molar-refractivity contribution in [1.82, 2.24) is 24.9 Å². The van der Waals surface area contributed by atoms with Gasteiger partial charge in [-0.05, 0) is 37.3 Å². The van der Waals surface area contributed by atoms with Gasteiger partial charge in [-0.1, -0.05) is 24.3 Å². The van der Waals surface area contributed by atoms with E-state index in [9.17, 15) is 0 Å². The van der Waals surface area contributed by atoms with Crippen LogP contribution in [0.3, 0.4) is 0 Å². The fourth-order valence-electron chi connectivity index (χ4n) is 4.17. The molecule has 3 aromatic heterocycles. The number of hydrogen-bond acceptors (Lipinski definition) is 7. The van der Waals surface area contributed by atoms with Gasteiger partial charge in [-0.2, -0.15) is 9.61 Å². The normalized spacial score (nSPS) is 18.5. The standard InChI is InChI=1S/C23H25N7S/c1-3-17(23-25-9-10-31-23)4-2-15(1)12-26-21-11-20(28-18-7-8-24-13-18)29-22-19(16-5-6-16)14-27-30(21)22/h1-4,9-11,14,16,18,24,26H,5-8,12-13H2,(H,28,29)/t18-/m0/s1. The molecular weight excluding hydrogens is 406 g/mol. The van der Waals surface area contributed by atoms with E-state index in [1.54, 1.807) is 11.3 Å². The van der Waals surface area contributed by atoms with Gasteiger partial charge in [-0.25, -0.2) is 9.97 Å². The number of anilines is 2. The molecule has 1 saturated carbocycles. The molecule has 158 valence electrons.